The van der Waals surface area contributed by atoms with Crippen molar-refractivity contribution in [2.24, 2.45) is 0 Å². The summed E-state index contributed by atoms with van der Waals surface area (Å²) in [5.41, 5.74) is 1.07. The maximum atomic E-state index is 11.5. The largest absolute Gasteiger partial charge is 0.462 e. The zero-order valence-electron chi connectivity index (χ0n) is 8.74. The Kier molecular flexibility index (Phi) is 4.99. The molecule has 0 aliphatic carbocycles. The Hall–Kier alpha value is -1.35. The van der Waals surface area contributed by atoms with Crippen molar-refractivity contribution in [2.75, 3.05) is 6.61 Å². The van der Waals surface area contributed by atoms with Gasteiger partial charge in [0.05, 0.1) is 12.2 Å². The van der Waals surface area contributed by atoms with Gasteiger partial charge in [-0.25, -0.2) is 4.79 Å². The molecule has 1 rings (SSSR count). The van der Waals surface area contributed by atoms with Crippen LogP contribution in [-0.4, -0.2) is 12.6 Å². The lowest BCUT2D eigenvalue weighted by Gasteiger charge is -2.03. The normalized spacial score (nSPS) is 11.3. The molecule has 0 N–H and O–H groups in total. The van der Waals surface area contributed by atoms with Crippen LogP contribution in [0.15, 0.2) is 33.9 Å². The van der Waals surface area contributed by atoms with Gasteiger partial charge in [0, 0.05) is 0 Å². The highest BCUT2D eigenvalue weighted by Crippen LogP contribution is 2.23. The monoisotopic (exact) mass is 327 g/mol. The maximum absolute atomic E-state index is 11.5. The van der Waals surface area contributed by atoms with E-state index in [1.165, 1.54) is 0 Å². The topological polar surface area (TPSA) is 50.1 Å². The van der Waals surface area contributed by atoms with E-state index in [1.54, 1.807) is 19.1 Å². The van der Waals surface area contributed by atoms with Crippen LogP contribution in [0, 0.1) is 11.3 Å². The van der Waals surface area contributed by atoms with E-state index in [2.05, 4.69) is 0 Å². The van der Waals surface area contributed by atoms with Crippen LogP contribution in [0.25, 0.3) is 5.57 Å². The highest BCUT2D eigenvalue weighted by molar-refractivity contribution is 14.1. The predicted octanol–water partition coefficient (Wildman–Crippen LogP) is 2.92. The minimum atomic E-state index is -0.455. The second-order valence-corrected chi connectivity index (χ2v) is 3.97. The molecule has 0 fully saturated rings. The molecule has 3 nitrogen and oxygen atoms in total. The molecule has 0 radical (unpaired) electrons. The van der Waals surface area contributed by atoms with Gasteiger partial charge >= 0.3 is 5.97 Å². The molecule has 1 aromatic carbocycles. The number of nitriles is 1. The summed E-state index contributed by atoms with van der Waals surface area (Å²) in [4.78, 5) is 11.5. The summed E-state index contributed by atoms with van der Waals surface area (Å²) in [5.74, 6) is -0.455. The number of ether oxygens (including phenoxy) is 1. The van der Waals surface area contributed by atoms with E-state index in [0.29, 0.717) is 15.8 Å². The summed E-state index contributed by atoms with van der Waals surface area (Å²) >= 11 is 1.84. The summed E-state index contributed by atoms with van der Waals surface area (Å²) < 4.78 is 5.17. The van der Waals surface area contributed by atoms with Crippen molar-refractivity contribution in [1.29, 1.82) is 5.26 Å². The van der Waals surface area contributed by atoms with Gasteiger partial charge in [0.2, 0.25) is 0 Å². The van der Waals surface area contributed by atoms with Gasteiger partial charge in [0.25, 0.3) is 0 Å². The molecule has 82 valence electrons. The molecule has 0 bridgehead atoms. The van der Waals surface area contributed by atoms with Gasteiger partial charge in [-0.3, -0.25) is 0 Å². The second-order valence-electron chi connectivity index (χ2n) is 2.89. The Bertz CT molecular complexity index is 446. The molecule has 0 aromatic heterocycles. The molecule has 0 heterocycles. The number of esters is 1. The van der Waals surface area contributed by atoms with Crippen molar-refractivity contribution < 1.29 is 9.53 Å². The zero-order chi connectivity index (χ0) is 12.0. The number of carbonyl (C=O) groups excluding carboxylic acids is 1. The number of hydrogen-bond acceptors (Lipinski definition) is 3. The van der Waals surface area contributed by atoms with E-state index in [0.717, 1.165) is 5.56 Å². The summed E-state index contributed by atoms with van der Waals surface area (Å²) in [6.07, 6.45) is 0. The van der Waals surface area contributed by atoms with Crippen LogP contribution in [0.2, 0.25) is 0 Å². The zero-order valence-corrected chi connectivity index (χ0v) is 10.9. The number of benzene rings is 1. The fraction of sp³-hybridized carbons (Fsp3) is 0.167. The fourth-order valence-corrected chi connectivity index (χ4v) is 1.73. The van der Waals surface area contributed by atoms with Crippen molar-refractivity contribution >= 4 is 34.1 Å². The Morgan fingerprint density at radius 2 is 2.06 bits per heavy atom. The molecular formula is C12H10INO2. The molecule has 0 saturated heterocycles. The van der Waals surface area contributed by atoms with Gasteiger partial charge in [0.15, 0.2) is 0 Å². The standard InChI is InChI=1S/C12H10INO2/c1-2-16-12(15)11(13)10(8-14)9-6-4-3-5-7-9/h3-7H,2H2,1H3/b11-10-. The lowest BCUT2D eigenvalue weighted by Crippen LogP contribution is -2.05. The molecule has 16 heavy (non-hydrogen) atoms. The number of carbonyl (C=O) groups is 1. The van der Waals surface area contributed by atoms with E-state index < -0.39 is 5.97 Å². The van der Waals surface area contributed by atoms with Gasteiger partial charge in [0.1, 0.15) is 9.65 Å². The van der Waals surface area contributed by atoms with E-state index in [-0.39, 0.29) is 0 Å². The molecule has 1 aromatic rings. The average Bonchev–Trinajstić information content (AvgIpc) is 2.31. The van der Waals surface area contributed by atoms with Gasteiger partial charge in [-0.1, -0.05) is 30.3 Å². The van der Waals surface area contributed by atoms with E-state index in [4.69, 9.17) is 10.00 Å². The molecule has 0 aliphatic rings. The lowest BCUT2D eigenvalue weighted by atomic mass is 10.1. The fourth-order valence-electron chi connectivity index (χ4n) is 1.14. The third-order valence-electron chi connectivity index (χ3n) is 1.85. The number of hydrogen-bond donors (Lipinski definition) is 0. The highest BCUT2D eigenvalue weighted by Gasteiger charge is 2.14. The van der Waals surface area contributed by atoms with Crippen LogP contribution in [0.3, 0.4) is 0 Å². The number of allylic oxidation sites excluding steroid dienone is 1. The third kappa shape index (κ3) is 3.07. The minimum absolute atomic E-state index is 0.304. The van der Waals surface area contributed by atoms with Crippen molar-refractivity contribution in [3.05, 3.63) is 39.5 Å². The lowest BCUT2D eigenvalue weighted by molar-refractivity contribution is -0.137. The van der Waals surface area contributed by atoms with Gasteiger partial charge < -0.3 is 4.74 Å². The number of halogens is 1. The van der Waals surface area contributed by atoms with Crippen LogP contribution < -0.4 is 0 Å². The smallest absolute Gasteiger partial charge is 0.345 e. The minimum Gasteiger partial charge on any atom is -0.462 e. The first-order valence-electron chi connectivity index (χ1n) is 4.73. The Balaban J connectivity index is 3.12. The molecule has 0 spiro atoms. The number of nitrogens with zero attached hydrogens (tertiary/aromatic N) is 1. The average molecular weight is 327 g/mol. The van der Waals surface area contributed by atoms with Gasteiger partial charge in [-0.05, 0) is 35.1 Å². The Labute approximate surface area is 108 Å². The van der Waals surface area contributed by atoms with Crippen molar-refractivity contribution in [3.8, 4) is 6.07 Å². The molecule has 0 aliphatic heterocycles. The third-order valence-corrected chi connectivity index (χ3v) is 2.83. The quantitative estimate of drug-likeness (QED) is 0.371. The molecule has 0 unspecified atom stereocenters. The van der Waals surface area contributed by atoms with Crippen LogP contribution >= 0.6 is 22.6 Å². The van der Waals surface area contributed by atoms with Gasteiger partial charge in [-0.15, -0.1) is 0 Å². The van der Waals surface area contributed by atoms with Gasteiger partial charge in [-0.2, -0.15) is 5.26 Å². The molecule has 0 atom stereocenters. The van der Waals surface area contributed by atoms with Crippen molar-refractivity contribution in [3.63, 3.8) is 0 Å². The summed E-state index contributed by atoms with van der Waals surface area (Å²) in [6.45, 7) is 2.04. The first-order chi connectivity index (χ1) is 7.70. The molecular weight excluding hydrogens is 317 g/mol. The molecule has 0 amide bonds. The van der Waals surface area contributed by atoms with Crippen LogP contribution in [0.1, 0.15) is 12.5 Å². The van der Waals surface area contributed by atoms with Crippen LogP contribution in [0.5, 0.6) is 0 Å². The number of rotatable bonds is 3. The second kappa shape index (κ2) is 6.28. The summed E-state index contributed by atoms with van der Waals surface area (Å²) in [7, 11) is 0. The van der Waals surface area contributed by atoms with E-state index in [1.807, 2.05) is 46.9 Å². The first kappa shape index (κ1) is 12.7. The highest BCUT2D eigenvalue weighted by atomic mass is 127. The van der Waals surface area contributed by atoms with Crippen LogP contribution in [-0.2, 0) is 9.53 Å². The van der Waals surface area contributed by atoms with Crippen molar-refractivity contribution in [2.45, 2.75) is 6.92 Å². The van der Waals surface area contributed by atoms with E-state index in [9.17, 15) is 4.79 Å². The molecule has 4 heteroatoms. The first-order valence-corrected chi connectivity index (χ1v) is 5.81. The van der Waals surface area contributed by atoms with Crippen LogP contribution in [0.4, 0.5) is 0 Å². The maximum Gasteiger partial charge on any atom is 0.345 e. The van der Waals surface area contributed by atoms with E-state index >= 15 is 0 Å². The van der Waals surface area contributed by atoms with Crippen molar-refractivity contribution in [1.82, 2.24) is 0 Å². The molecule has 0 saturated carbocycles. The summed E-state index contributed by atoms with van der Waals surface area (Å²) in [5, 5.41) is 9.05. The Morgan fingerprint density at radius 1 is 1.44 bits per heavy atom. The summed E-state index contributed by atoms with van der Waals surface area (Å²) in [6, 6.07) is 11.1. The SMILES string of the molecule is CCOC(=O)/C(I)=C(\C#N)c1ccccc1. The Morgan fingerprint density at radius 3 is 2.56 bits per heavy atom. The predicted molar refractivity (Wildman–Crippen MR) is 69.6 cm³/mol.